The summed E-state index contributed by atoms with van der Waals surface area (Å²) in [6.45, 7) is 13.0. The number of fused-ring (bicyclic) bond motifs is 8. The van der Waals surface area contributed by atoms with Gasteiger partial charge in [0.25, 0.3) is 0 Å². The van der Waals surface area contributed by atoms with Gasteiger partial charge in [-0.2, -0.15) is 0 Å². The average molecular weight is 608 g/mol. The van der Waals surface area contributed by atoms with Gasteiger partial charge in [0.2, 0.25) is 0 Å². The van der Waals surface area contributed by atoms with Crippen molar-refractivity contribution in [2.75, 3.05) is 0 Å². The van der Waals surface area contributed by atoms with Gasteiger partial charge in [-0.1, -0.05) is 71.8 Å². The summed E-state index contributed by atoms with van der Waals surface area (Å²) in [6, 6.07) is 21.4. The molecule has 0 spiro atoms. The van der Waals surface area contributed by atoms with Crippen LogP contribution < -0.4 is 9.97 Å². The van der Waals surface area contributed by atoms with E-state index in [2.05, 4.69) is 127 Å². The molecular weight excluding hydrogens is 576 g/mol. The van der Waals surface area contributed by atoms with Crippen molar-refractivity contribution < 1.29 is 17.1 Å². The average Bonchev–Trinajstić information content (AvgIpc) is 3.73. The second kappa shape index (κ2) is 11.0. The molecule has 0 atom stereocenters. The first kappa shape index (κ1) is 28.7. The minimum atomic E-state index is 0. The number of aromatic nitrogens is 4. The Balaban J connectivity index is 0.00000329. The van der Waals surface area contributed by atoms with Crippen molar-refractivity contribution in [1.82, 2.24) is 19.9 Å². The molecule has 3 aromatic heterocycles. The maximum atomic E-state index is 5.09. The minimum absolute atomic E-state index is 0. The molecule has 0 unspecified atom stereocenters. The number of hydrogen-bond acceptors (Lipinski definition) is 2. The van der Waals surface area contributed by atoms with Crippen molar-refractivity contribution >= 4 is 46.4 Å². The Bertz CT molecular complexity index is 2020. The minimum Gasteiger partial charge on any atom is -0.657 e. The summed E-state index contributed by atoms with van der Waals surface area (Å²) in [5.41, 5.74) is 18.9. The Morgan fingerprint density at radius 2 is 0.837 bits per heavy atom. The maximum Gasteiger partial charge on any atom is 2.00 e. The number of hydrogen-bond donors (Lipinski definition) is 0. The zero-order chi connectivity index (χ0) is 29.1. The van der Waals surface area contributed by atoms with Crippen LogP contribution in [0.4, 0.5) is 0 Å². The van der Waals surface area contributed by atoms with Crippen LogP contribution in [0.15, 0.2) is 60.7 Å². The fourth-order valence-corrected chi connectivity index (χ4v) is 6.62. The van der Waals surface area contributed by atoms with Crippen LogP contribution in [-0.4, -0.2) is 9.97 Å². The van der Waals surface area contributed by atoms with E-state index in [-0.39, 0.29) is 17.1 Å². The number of rotatable bonds is 2. The third-order valence-electron chi connectivity index (χ3n) is 8.12. The zero-order valence-electron chi connectivity index (χ0n) is 25.2. The third-order valence-corrected chi connectivity index (χ3v) is 8.12. The van der Waals surface area contributed by atoms with Crippen molar-refractivity contribution in [2.45, 2.75) is 41.5 Å². The molecule has 7 rings (SSSR count). The number of aryl methyl sites for hydroxylation is 6. The van der Waals surface area contributed by atoms with Gasteiger partial charge in [-0.05, 0) is 105 Å². The standard InChI is InChI=1S/C38H32N4.Cu/c1-21-15-23(3)35(24(4)16-21)37-31-11-7-27(39-31)19-29-9-13-33(41-29)38(36-25(5)17-22(2)18-26(36)6)34-14-10-30(42-34)20-28-8-12-32(37)40-28;/h7-20H,1-6H3;/q-2;+2. The molecule has 1 radical (unpaired) electrons. The molecule has 0 fully saturated rings. The van der Waals surface area contributed by atoms with Gasteiger partial charge < -0.3 is 9.97 Å². The van der Waals surface area contributed by atoms with Crippen LogP contribution >= 0.6 is 0 Å². The van der Waals surface area contributed by atoms with Gasteiger partial charge in [-0.3, -0.25) is 0 Å². The van der Waals surface area contributed by atoms with E-state index in [4.69, 9.17) is 19.9 Å². The van der Waals surface area contributed by atoms with Gasteiger partial charge in [-0.25, -0.2) is 9.97 Å². The van der Waals surface area contributed by atoms with Crippen molar-refractivity contribution in [1.29, 1.82) is 0 Å². The summed E-state index contributed by atoms with van der Waals surface area (Å²) >= 11 is 0. The van der Waals surface area contributed by atoms with Gasteiger partial charge in [0, 0.05) is 5.56 Å². The predicted molar refractivity (Wildman–Crippen MR) is 176 cm³/mol. The third kappa shape index (κ3) is 5.20. The molecule has 43 heavy (non-hydrogen) atoms. The van der Waals surface area contributed by atoms with E-state index in [1.54, 1.807) is 0 Å². The van der Waals surface area contributed by atoms with Gasteiger partial charge in [-0.15, -0.1) is 22.1 Å². The molecule has 0 aliphatic carbocycles. The topological polar surface area (TPSA) is 54.0 Å². The Morgan fingerprint density at radius 1 is 0.442 bits per heavy atom. The molecule has 0 saturated heterocycles. The van der Waals surface area contributed by atoms with Crippen LogP contribution in [0.5, 0.6) is 0 Å². The van der Waals surface area contributed by atoms with Gasteiger partial charge >= 0.3 is 17.1 Å². The van der Waals surface area contributed by atoms with Gasteiger partial charge in [0.15, 0.2) is 0 Å². The molecule has 2 aliphatic heterocycles. The smallest absolute Gasteiger partial charge is 0.657 e. The van der Waals surface area contributed by atoms with Crippen molar-refractivity contribution in [2.24, 2.45) is 0 Å². The zero-order valence-corrected chi connectivity index (χ0v) is 26.1. The van der Waals surface area contributed by atoms with Gasteiger partial charge in [0.1, 0.15) is 0 Å². The molecule has 0 N–H and O–H groups in total. The second-order valence-electron chi connectivity index (χ2n) is 11.6. The van der Waals surface area contributed by atoms with Crippen LogP contribution in [0.3, 0.4) is 0 Å². The van der Waals surface area contributed by atoms with Crippen molar-refractivity contribution in [3.8, 4) is 22.3 Å². The SMILES string of the molecule is Cc1cc(C)c(-c2c3nc(cc4ccc([n-]4)c(-c4c(C)cc(C)cc4C)c4ccc(cc5nc2C=C5)[n-]4)C=C3)c(C)c1.[Cu+2]. The van der Waals surface area contributed by atoms with Crippen LogP contribution in [0, 0.1) is 41.5 Å². The molecule has 215 valence electrons. The van der Waals surface area contributed by atoms with E-state index in [1.807, 2.05) is 0 Å². The Kier molecular flexibility index (Phi) is 7.33. The molecule has 4 nitrogen and oxygen atoms in total. The summed E-state index contributed by atoms with van der Waals surface area (Å²) in [5.74, 6) is 0. The first-order valence-electron chi connectivity index (χ1n) is 14.4. The quantitative estimate of drug-likeness (QED) is 0.184. The second-order valence-corrected chi connectivity index (χ2v) is 11.6. The van der Waals surface area contributed by atoms with E-state index >= 15 is 0 Å². The summed E-state index contributed by atoms with van der Waals surface area (Å²) in [7, 11) is 0. The van der Waals surface area contributed by atoms with Crippen LogP contribution in [-0.2, 0) is 17.1 Å². The molecule has 2 aromatic carbocycles. The van der Waals surface area contributed by atoms with E-state index in [9.17, 15) is 0 Å². The number of nitrogens with zero attached hydrogens (tertiary/aromatic N) is 4. The Hall–Kier alpha value is -4.44. The Labute approximate surface area is 263 Å². The predicted octanol–water partition coefficient (Wildman–Crippen LogP) is 9.10. The molecule has 5 heterocycles. The largest absolute Gasteiger partial charge is 2.00 e. The fourth-order valence-electron chi connectivity index (χ4n) is 6.62. The van der Waals surface area contributed by atoms with E-state index < -0.39 is 0 Å². The van der Waals surface area contributed by atoms with Crippen molar-refractivity contribution in [3.05, 3.63) is 117 Å². The van der Waals surface area contributed by atoms with Gasteiger partial charge in [0.05, 0.1) is 22.8 Å². The molecule has 0 saturated carbocycles. The molecular formula is C38H32CuN4. The normalized spacial score (nSPS) is 12.0. The molecule has 2 aliphatic rings. The van der Waals surface area contributed by atoms with E-state index in [0.717, 1.165) is 56.0 Å². The summed E-state index contributed by atoms with van der Waals surface area (Å²) in [6.07, 6.45) is 8.34. The van der Waals surface area contributed by atoms with Crippen LogP contribution in [0.25, 0.3) is 68.6 Å². The number of benzene rings is 2. The van der Waals surface area contributed by atoms with Crippen LogP contribution in [0.2, 0.25) is 0 Å². The van der Waals surface area contributed by atoms with E-state index in [0.29, 0.717) is 0 Å². The maximum absolute atomic E-state index is 5.09. The first-order chi connectivity index (χ1) is 20.2. The molecule has 8 bridgehead atoms. The summed E-state index contributed by atoms with van der Waals surface area (Å²) < 4.78 is 0. The molecule has 0 amide bonds. The summed E-state index contributed by atoms with van der Waals surface area (Å²) in [4.78, 5) is 20.4. The summed E-state index contributed by atoms with van der Waals surface area (Å²) in [5, 5.41) is 0. The Morgan fingerprint density at radius 3 is 1.26 bits per heavy atom. The van der Waals surface area contributed by atoms with E-state index in [1.165, 1.54) is 44.5 Å². The van der Waals surface area contributed by atoms with Crippen molar-refractivity contribution in [3.63, 3.8) is 0 Å². The molecule has 5 aromatic rings. The van der Waals surface area contributed by atoms with Crippen LogP contribution in [0.1, 0.15) is 56.2 Å². The molecule has 5 heteroatoms. The first-order valence-corrected chi connectivity index (χ1v) is 14.4. The monoisotopic (exact) mass is 607 g/mol. The fraction of sp³-hybridized carbons (Fsp3) is 0.158.